The molecule has 1 aliphatic rings. The van der Waals surface area contributed by atoms with Gasteiger partial charge in [0, 0.05) is 12.7 Å². The number of nitrogens with one attached hydrogen (secondary N) is 1. The Morgan fingerprint density at radius 3 is 2.89 bits per heavy atom. The molecule has 0 atom stereocenters. The van der Waals surface area contributed by atoms with Crippen LogP contribution in [0.4, 0.5) is 5.82 Å². The van der Waals surface area contributed by atoms with E-state index < -0.39 is 5.60 Å². The van der Waals surface area contributed by atoms with Crippen molar-refractivity contribution in [2.75, 3.05) is 18.5 Å². The Hall–Kier alpha value is -1.29. The first-order chi connectivity index (χ1) is 9.23. The molecule has 106 valence electrons. The first kappa shape index (κ1) is 14.1. The second kappa shape index (κ2) is 6.75. The Kier molecular flexibility index (Phi) is 5.02. The largest absolute Gasteiger partial charge is 0.490 e. The van der Waals surface area contributed by atoms with Gasteiger partial charge in [-0.1, -0.05) is 26.2 Å². The first-order valence-corrected chi connectivity index (χ1v) is 7.27. The van der Waals surface area contributed by atoms with Gasteiger partial charge in [-0.05, 0) is 31.4 Å². The van der Waals surface area contributed by atoms with Gasteiger partial charge in [0.05, 0.1) is 12.2 Å². The van der Waals surface area contributed by atoms with E-state index >= 15 is 0 Å². The molecule has 0 bridgehead atoms. The van der Waals surface area contributed by atoms with E-state index in [0.29, 0.717) is 13.2 Å². The number of aromatic nitrogens is 1. The van der Waals surface area contributed by atoms with Crippen LogP contribution in [0.5, 0.6) is 5.75 Å². The van der Waals surface area contributed by atoms with Crippen LogP contribution in [0.2, 0.25) is 0 Å². The van der Waals surface area contributed by atoms with Crippen molar-refractivity contribution in [1.29, 1.82) is 0 Å². The highest BCUT2D eigenvalue weighted by atomic mass is 16.5. The molecule has 2 N–H and O–H groups in total. The smallest absolute Gasteiger partial charge is 0.168 e. The Morgan fingerprint density at radius 1 is 1.37 bits per heavy atom. The maximum absolute atomic E-state index is 10.5. The van der Waals surface area contributed by atoms with Gasteiger partial charge in [0.2, 0.25) is 0 Å². The van der Waals surface area contributed by atoms with E-state index in [-0.39, 0.29) is 0 Å². The highest BCUT2D eigenvalue weighted by Gasteiger charge is 2.29. The third-order valence-corrected chi connectivity index (χ3v) is 3.60. The highest BCUT2D eigenvalue weighted by Crippen LogP contribution is 2.29. The van der Waals surface area contributed by atoms with Crippen LogP contribution in [-0.2, 0) is 0 Å². The predicted octanol–water partition coefficient (Wildman–Crippen LogP) is 2.98. The fourth-order valence-electron chi connectivity index (χ4n) is 2.49. The summed E-state index contributed by atoms with van der Waals surface area (Å²) in [4.78, 5) is 4.30. The minimum absolute atomic E-state index is 0.548. The minimum atomic E-state index is -0.586. The number of anilines is 1. The van der Waals surface area contributed by atoms with Crippen LogP contribution in [0.1, 0.15) is 45.4 Å². The first-order valence-electron chi connectivity index (χ1n) is 7.27. The van der Waals surface area contributed by atoms with Crippen LogP contribution in [0, 0.1) is 0 Å². The number of pyridine rings is 1. The second-order valence-corrected chi connectivity index (χ2v) is 5.34. The van der Waals surface area contributed by atoms with Crippen molar-refractivity contribution in [2.45, 2.75) is 51.0 Å². The third kappa shape index (κ3) is 4.10. The van der Waals surface area contributed by atoms with Gasteiger partial charge in [-0.2, -0.15) is 0 Å². The highest BCUT2D eigenvalue weighted by molar-refractivity contribution is 5.49. The van der Waals surface area contributed by atoms with Gasteiger partial charge in [0.1, 0.15) is 0 Å². The predicted molar refractivity (Wildman–Crippen MR) is 76.5 cm³/mol. The molecule has 0 saturated heterocycles. The SMILES string of the molecule is CCCOc1cccnc1NCC1(O)CCCCC1. The number of hydrogen-bond acceptors (Lipinski definition) is 4. The number of nitrogens with zero attached hydrogens (tertiary/aromatic N) is 1. The number of rotatable bonds is 6. The monoisotopic (exact) mass is 264 g/mol. The summed E-state index contributed by atoms with van der Waals surface area (Å²) in [5, 5.41) is 13.7. The Bertz CT molecular complexity index is 389. The lowest BCUT2D eigenvalue weighted by Gasteiger charge is -2.32. The van der Waals surface area contributed by atoms with E-state index in [2.05, 4.69) is 17.2 Å². The number of hydrogen-bond donors (Lipinski definition) is 2. The lowest BCUT2D eigenvalue weighted by atomic mass is 9.85. The Balaban J connectivity index is 1.94. The molecule has 19 heavy (non-hydrogen) atoms. The molecule has 0 aromatic carbocycles. The van der Waals surface area contributed by atoms with Gasteiger partial charge < -0.3 is 15.2 Å². The molecule has 1 saturated carbocycles. The van der Waals surface area contributed by atoms with Crippen molar-refractivity contribution in [1.82, 2.24) is 4.98 Å². The summed E-state index contributed by atoms with van der Waals surface area (Å²) in [5.41, 5.74) is -0.586. The standard InChI is InChI=1S/C15H24N2O2/c1-2-11-19-13-7-6-10-16-14(13)17-12-15(18)8-4-3-5-9-15/h6-7,10,18H,2-5,8-9,11-12H2,1H3,(H,16,17). The molecule has 0 aliphatic heterocycles. The molecule has 1 heterocycles. The van der Waals surface area contributed by atoms with Crippen LogP contribution in [0.15, 0.2) is 18.3 Å². The van der Waals surface area contributed by atoms with Gasteiger partial charge in [0.25, 0.3) is 0 Å². The van der Waals surface area contributed by atoms with Crippen LogP contribution in [-0.4, -0.2) is 28.8 Å². The summed E-state index contributed by atoms with van der Waals surface area (Å²) in [6, 6.07) is 3.78. The fourth-order valence-corrected chi connectivity index (χ4v) is 2.49. The zero-order chi connectivity index (χ0) is 13.6. The van der Waals surface area contributed by atoms with E-state index in [4.69, 9.17) is 4.74 Å². The van der Waals surface area contributed by atoms with E-state index in [1.54, 1.807) is 6.20 Å². The summed E-state index contributed by atoms with van der Waals surface area (Å²) in [5.74, 6) is 1.50. The van der Waals surface area contributed by atoms with E-state index in [1.807, 2.05) is 12.1 Å². The molecule has 1 fully saturated rings. The molecular weight excluding hydrogens is 240 g/mol. The molecule has 4 heteroatoms. The molecule has 4 nitrogen and oxygen atoms in total. The lowest BCUT2D eigenvalue weighted by Crippen LogP contribution is -2.39. The van der Waals surface area contributed by atoms with Crippen LogP contribution in [0.3, 0.4) is 0 Å². The van der Waals surface area contributed by atoms with Crippen molar-refractivity contribution < 1.29 is 9.84 Å². The molecule has 1 aromatic heterocycles. The van der Waals surface area contributed by atoms with Crippen LogP contribution in [0.25, 0.3) is 0 Å². The summed E-state index contributed by atoms with van der Waals surface area (Å²) < 4.78 is 5.65. The topological polar surface area (TPSA) is 54.4 Å². The lowest BCUT2D eigenvalue weighted by molar-refractivity contribution is 0.0166. The second-order valence-electron chi connectivity index (χ2n) is 5.34. The van der Waals surface area contributed by atoms with E-state index in [0.717, 1.165) is 43.7 Å². The zero-order valence-corrected chi connectivity index (χ0v) is 11.7. The quantitative estimate of drug-likeness (QED) is 0.829. The van der Waals surface area contributed by atoms with Crippen molar-refractivity contribution in [3.05, 3.63) is 18.3 Å². The minimum Gasteiger partial charge on any atom is -0.490 e. The van der Waals surface area contributed by atoms with Gasteiger partial charge in [-0.15, -0.1) is 0 Å². The summed E-state index contributed by atoms with van der Waals surface area (Å²) in [7, 11) is 0. The fraction of sp³-hybridized carbons (Fsp3) is 0.667. The molecule has 0 radical (unpaired) electrons. The maximum atomic E-state index is 10.5. The third-order valence-electron chi connectivity index (χ3n) is 3.60. The molecule has 2 rings (SSSR count). The summed E-state index contributed by atoms with van der Waals surface area (Å²) in [6.45, 7) is 3.31. The molecule has 1 aromatic rings. The number of aliphatic hydroxyl groups is 1. The van der Waals surface area contributed by atoms with Crippen molar-refractivity contribution in [2.24, 2.45) is 0 Å². The zero-order valence-electron chi connectivity index (χ0n) is 11.7. The molecule has 0 amide bonds. The average molecular weight is 264 g/mol. The van der Waals surface area contributed by atoms with Gasteiger partial charge in [-0.25, -0.2) is 4.98 Å². The molecule has 0 unspecified atom stereocenters. The van der Waals surface area contributed by atoms with Gasteiger partial charge in [-0.3, -0.25) is 0 Å². The molecular formula is C15H24N2O2. The van der Waals surface area contributed by atoms with Crippen LogP contribution < -0.4 is 10.1 Å². The summed E-state index contributed by atoms with van der Waals surface area (Å²) in [6.07, 6.45) is 7.91. The maximum Gasteiger partial charge on any atom is 0.168 e. The van der Waals surface area contributed by atoms with Crippen LogP contribution >= 0.6 is 0 Å². The normalized spacial score (nSPS) is 18.0. The Morgan fingerprint density at radius 2 is 2.16 bits per heavy atom. The van der Waals surface area contributed by atoms with Gasteiger partial charge in [0.15, 0.2) is 11.6 Å². The van der Waals surface area contributed by atoms with Crippen molar-refractivity contribution in [3.63, 3.8) is 0 Å². The van der Waals surface area contributed by atoms with Crippen molar-refractivity contribution >= 4 is 5.82 Å². The Labute approximate surface area is 115 Å². The molecule has 1 aliphatic carbocycles. The number of ether oxygens (including phenoxy) is 1. The van der Waals surface area contributed by atoms with E-state index in [9.17, 15) is 5.11 Å². The van der Waals surface area contributed by atoms with Gasteiger partial charge >= 0.3 is 0 Å². The average Bonchev–Trinajstić information content (AvgIpc) is 2.45. The summed E-state index contributed by atoms with van der Waals surface area (Å²) >= 11 is 0. The van der Waals surface area contributed by atoms with E-state index in [1.165, 1.54) is 6.42 Å². The molecule has 0 spiro atoms. The van der Waals surface area contributed by atoms with Crippen molar-refractivity contribution in [3.8, 4) is 5.75 Å².